The van der Waals surface area contributed by atoms with Crippen LogP contribution in [0.2, 0.25) is 0 Å². The van der Waals surface area contributed by atoms with E-state index >= 15 is 0 Å². The molecule has 0 spiro atoms. The van der Waals surface area contributed by atoms with Crippen LogP contribution in [0.4, 0.5) is 5.69 Å². The van der Waals surface area contributed by atoms with Crippen molar-refractivity contribution in [2.24, 2.45) is 0 Å². The van der Waals surface area contributed by atoms with Gasteiger partial charge in [-0.1, -0.05) is 35.9 Å². The number of amides is 2. The van der Waals surface area contributed by atoms with E-state index in [2.05, 4.69) is 21.2 Å². The topological polar surface area (TPSA) is 83.1 Å². The van der Waals surface area contributed by atoms with Crippen LogP contribution in [-0.2, 0) is 4.79 Å². The molecular weight excluding hydrogens is 340 g/mol. The number of para-hydroxylation sites is 1. The minimum atomic E-state index is -0.378. The van der Waals surface area contributed by atoms with Crippen molar-refractivity contribution in [3.63, 3.8) is 0 Å². The Labute approximate surface area is 158 Å². The normalized spacial score (nSPS) is 10.5. The summed E-state index contributed by atoms with van der Waals surface area (Å²) in [5.41, 5.74) is 9.98. The lowest BCUT2D eigenvalue weighted by Crippen LogP contribution is -2.44. The van der Waals surface area contributed by atoms with E-state index in [-0.39, 0.29) is 18.4 Å². The van der Waals surface area contributed by atoms with E-state index in [9.17, 15) is 9.59 Å². The summed E-state index contributed by atoms with van der Waals surface area (Å²) in [6, 6.07) is 15.1. The molecule has 3 rings (SSSR count). The molecule has 0 unspecified atom stereocenters. The Kier molecular flexibility index (Phi) is 5.35. The SMILES string of the molecule is Cc1ccc(NCC(=O)NNC(=O)c2cc(C)nc3ccccc23)c(C)c1. The predicted octanol–water partition coefficient (Wildman–Crippen LogP) is 3.03. The number of benzene rings is 2. The van der Waals surface area contributed by atoms with Crippen molar-refractivity contribution in [1.29, 1.82) is 0 Å². The molecule has 0 saturated carbocycles. The van der Waals surface area contributed by atoms with Crippen LogP contribution in [0.1, 0.15) is 27.2 Å². The number of hydrogen-bond acceptors (Lipinski definition) is 4. The van der Waals surface area contributed by atoms with Crippen LogP contribution in [0.3, 0.4) is 0 Å². The molecule has 0 saturated heterocycles. The standard InChI is InChI=1S/C21H22N4O2/c1-13-8-9-18(14(2)10-13)22-12-20(26)24-25-21(27)17-11-15(3)23-19-7-5-4-6-16(17)19/h4-11,22H,12H2,1-3H3,(H,24,26)(H,25,27). The molecule has 0 aliphatic heterocycles. The van der Waals surface area contributed by atoms with Gasteiger partial charge in [-0.05, 0) is 44.5 Å². The number of carbonyl (C=O) groups excluding carboxylic acids is 2. The van der Waals surface area contributed by atoms with Crippen molar-refractivity contribution in [3.8, 4) is 0 Å². The molecular formula is C21H22N4O2. The van der Waals surface area contributed by atoms with Crippen molar-refractivity contribution in [2.75, 3.05) is 11.9 Å². The Bertz CT molecular complexity index is 1010. The quantitative estimate of drug-likeness (QED) is 0.623. The Balaban J connectivity index is 1.61. The highest BCUT2D eigenvalue weighted by Crippen LogP contribution is 2.18. The van der Waals surface area contributed by atoms with Gasteiger partial charge in [0.2, 0.25) is 0 Å². The molecule has 0 radical (unpaired) electrons. The third kappa shape index (κ3) is 4.41. The summed E-state index contributed by atoms with van der Waals surface area (Å²) in [7, 11) is 0. The maximum atomic E-state index is 12.5. The summed E-state index contributed by atoms with van der Waals surface area (Å²) in [4.78, 5) is 29.0. The third-order valence-electron chi connectivity index (χ3n) is 4.23. The highest BCUT2D eigenvalue weighted by molar-refractivity contribution is 6.06. The Hall–Kier alpha value is -3.41. The number of aryl methyl sites for hydroxylation is 3. The van der Waals surface area contributed by atoms with E-state index in [1.807, 2.05) is 63.2 Å². The molecule has 0 fully saturated rings. The molecule has 2 aromatic carbocycles. The van der Waals surface area contributed by atoms with E-state index in [1.54, 1.807) is 6.07 Å². The fourth-order valence-electron chi connectivity index (χ4n) is 2.92. The molecule has 0 aliphatic rings. The number of rotatable bonds is 4. The van der Waals surface area contributed by atoms with Crippen LogP contribution < -0.4 is 16.2 Å². The van der Waals surface area contributed by atoms with Gasteiger partial charge in [0, 0.05) is 16.8 Å². The number of nitrogens with zero attached hydrogens (tertiary/aromatic N) is 1. The van der Waals surface area contributed by atoms with Crippen LogP contribution in [0.5, 0.6) is 0 Å². The van der Waals surface area contributed by atoms with E-state index < -0.39 is 0 Å². The molecule has 2 amide bonds. The van der Waals surface area contributed by atoms with Crippen LogP contribution in [0.15, 0.2) is 48.5 Å². The number of anilines is 1. The smallest absolute Gasteiger partial charge is 0.270 e. The van der Waals surface area contributed by atoms with Gasteiger partial charge in [-0.15, -0.1) is 0 Å². The molecule has 6 heteroatoms. The van der Waals surface area contributed by atoms with Crippen molar-refractivity contribution in [1.82, 2.24) is 15.8 Å². The molecule has 138 valence electrons. The summed E-state index contributed by atoms with van der Waals surface area (Å²) < 4.78 is 0. The fraction of sp³-hybridized carbons (Fsp3) is 0.190. The van der Waals surface area contributed by atoms with E-state index in [0.717, 1.165) is 33.4 Å². The maximum absolute atomic E-state index is 12.5. The highest BCUT2D eigenvalue weighted by Gasteiger charge is 2.12. The van der Waals surface area contributed by atoms with Crippen LogP contribution in [-0.4, -0.2) is 23.3 Å². The summed E-state index contributed by atoms with van der Waals surface area (Å²) in [6.45, 7) is 5.88. The first-order valence-electron chi connectivity index (χ1n) is 8.71. The van der Waals surface area contributed by atoms with Crippen molar-refractivity contribution >= 4 is 28.4 Å². The van der Waals surface area contributed by atoms with Crippen molar-refractivity contribution < 1.29 is 9.59 Å². The molecule has 6 nitrogen and oxygen atoms in total. The van der Waals surface area contributed by atoms with Gasteiger partial charge in [0.1, 0.15) is 0 Å². The lowest BCUT2D eigenvalue weighted by atomic mass is 10.1. The third-order valence-corrected chi connectivity index (χ3v) is 4.23. The van der Waals surface area contributed by atoms with Crippen molar-refractivity contribution in [2.45, 2.75) is 20.8 Å². The van der Waals surface area contributed by atoms with Gasteiger partial charge in [0.25, 0.3) is 11.8 Å². The molecule has 0 atom stereocenters. The van der Waals surface area contributed by atoms with Crippen LogP contribution in [0, 0.1) is 20.8 Å². The molecule has 0 bridgehead atoms. The fourth-order valence-corrected chi connectivity index (χ4v) is 2.92. The molecule has 1 aromatic heterocycles. The van der Waals surface area contributed by atoms with E-state index in [0.29, 0.717) is 5.56 Å². The highest BCUT2D eigenvalue weighted by atomic mass is 16.2. The van der Waals surface area contributed by atoms with Gasteiger partial charge in [-0.2, -0.15) is 0 Å². The van der Waals surface area contributed by atoms with Crippen LogP contribution >= 0.6 is 0 Å². The predicted molar refractivity (Wildman–Crippen MR) is 106 cm³/mol. The minimum absolute atomic E-state index is 0.0559. The van der Waals surface area contributed by atoms with Gasteiger partial charge < -0.3 is 5.32 Å². The first-order valence-corrected chi connectivity index (χ1v) is 8.71. The first kappa shape index (κ1) is 18.4. The Morgan fingerprint density at radius 1 is 0.963 bits per heavy atom. The van der Waals surface area contributed by atoms with Gasteiger partial charge in [-0.25, -0.2) is 0 Å². The Morgan fingerprint density at radius 2 is 1.74 bits per heavy atom. The molecule has 3 N–H and O–H groups in total. The number of aromatic nitrogens is 1. The largest absolute Gasteiger partial charge is 0.376 e. The van der Waals surface area contributed by atoms with Gasteiger partial charge in [-0.3, -0.25) is 25.4 Å². The zero-order valence-corrected chi connectivity index (χ0v) is 15.6. The van der Waals surface area contributed by atoms with E-state index in [4.69, 9.17) is 0 Å². The number of fused-ring (bicyclic) bond motifs is 1. The van der Waals surface area contributed by atoms with Crippen molar-refractivity contribution in [3.05, 3.63) is 70.9 Å². The zero-order chi connectivity index (χ0) is 19.4. The molecule has 0 aliphatic carbocycles. The zero-order valence-electron chi connectivity index (χ0n) is 15.6. The summed E-state index contributed by atoms with van der Waals surface area (Å²) in [6.07, 6.45) is 0. The number of carbonyl (C=O) groups is 2. The average molecular weight is 362 g/mol. The van der Waals surface area contributed by atoms with Gasteiger partial charge >= 0.3 is 0 Å². The maximum Gasteiger partial charge on any atom is 0.270 e. The number of hydrogen-bond donors (Lipinski definition) is 3. The van der Waals surface area contributed by atoms with Crippen LogP contribution in [0.25, 0.3) is 10.9 Å². The summed E-state index contributed by atoms with van der Waals surface area (Å²) in [5.74, 6) is -0.713. The number of pyridine rings is 1. The lowest BCUT2D eigenvalue weighted by Gasteiger charge is -2.12. The van der Waals surface area contributed by atoms with Gasteiger partial charge in [0.05, 0.1) is 17.6 Å². The van der Waals surface area contributed by atoms with E-state index in [1.165, 1.54) is 0 Å². The number of nitrogens with one attached hydrogen (secondary N) is 3. The molecule has 1 heterocycles. The minimum Gasteiger partial charge on any atom is -0.376 e. The summed E-state index contributed by atoms with van der Waals surface area (Å²) in [5, 5.41) is 3.81. The second-order valence-electron chi connectivity index (χ2n) is 6.50. The first-order chi connectivity index (χ1) is 12.9. The second-order valence-corrected chi connectivity index (χ2v) is 6.50. The molecule has 3 aromatic rings. The Morgan fingerprint density at radius 3 is 2.52 bits per heavy atom. The van der Waals surface area contributed by atoms with Gasteiger partial charge in [0.15, 0.2) is 0 Å². The summed E-state index contributed by atoms with van der Waals surface area (Å²) >= 11 is 0. The molecule has 27 heavy (non-hydrogen) atoms. The number of hydrazine groups is 1. The monoisotopic (exact) mass is 362 g/mol. The lowest BCUT2D eigenvalue weighted by molar-refractivity contribution is -0.120. The average Bonchev–Trinajstić information content (AvgIpc) is 2.64. The second kappa shape index (κ2) is 7.86.